The van der Waals surface area contributed by atoms with Crippen molar-refractivity contribution in [1.82, 2.24) is 14.9 Å². The first-order valence-electron chi connectivity index (χ1n) is 11.6. The molecule has 2 aromatic heterocycles. The molecule has 0 saturated carbocycles. The number of hydrogen-bond donors (Lipinski definition) is 0. The predicted octanol–water partition coefficient (Wildman–Crippen LogP) is 4.91. The maximum absolute atomic E-state index is 12.7. The molecule has 1 aliphatic rings. The molecule has 0 radical (unpaired) electrons. The van der Waals surface area contributed by atoms with Crippen LogP contribution in [0.3, 0.4) is 0 Å². The Bertz CT molecular complexity index is 1260. The highest BCUT2D eigenvalue weighted by molar-refractivity contribution is 5.91. The van der Waals surface area contributed by atoms with Crippen molar-refractivity contribution in [1.29, 1.82) is 0 Å². The van der Waals surface area contributed by atoms with Crippen molar-refractivity contribution < 1.29 is 9.21 Å². The van der Waals surface area contributed by atoms with E-state index in [0.717, 1.165) is 34.9 Å². The lowest BCUT2D eigenvalue weighted by molar-refractivity contribution is 0.0714. The minimum absolute atomic E-state index is 0.0617. The molecule has 172 valence electrons. The number of nitrogens with zero attached hydrogens (tertiary/aromatic N) is 4. The highest BCUT2D eigenvalue weighted by Gasteiger charge is 2.27. The first-order valence-corrected chi connectivity index (χ1v) is 11.6. The summed E-state index contributed by atoms with van der Waals surface area (Å²) in [4.78, 5) is 26.8. The highest BCUT2D eigenvalue weighted by atomic mass is 16.3. The van der Waals surface area contributed by atoms with Gasteiger partial charge in [-0.05, 0) is 31.5 Å². The number of rotatable bonds is 5. The number of aryl methyl sites for hydroxylation is 2. The van der Waals surface area contributed by atoms with E-state index in [4.69, 9.17) is 14.4 Å². The van der Waals surface area contributed by atoms with Crippen LogP contribution in [0.25, 0.3) is 11.4 Å². The standard InChI is InChI=1S/C28H28N4O2/c1-20-10-12-22(13-11-20)19-24-21(2)29-26(23-7-4-3-5-8-23)30-27(24)31-14-16-32(17-15-31)28(33)25-9-6-18-34-25/h3-13,18H,14-17,19H2,1-2H3. The number of amides is 1. The lowest BCUT2D eigenvalue weighted by Gasteiger charge is -2.36. The highest BCUT2D eigenvalue weighted by Crippen LogP contribution is 2.28. The van der Waals surface area contributed by atoms with E-state index in [0.29, 0.717) is 31.9 Å². The van der Waals surface area contributed by atoms with Crippen molar-refractivity contribution in [3.05, 3.63) is 101 Å². The monoisotopic (exact) mass is 452 g/mol. The summed E-state index contributed by atoms with van der Waals surface area (Å²) < 4.78 is 5.31. The first kappa shape index (κ1) is 21.9. The van der Waals surface area contributed by atoms with E-state index in [9.17, 15) is 4.79 Å². The molecular formula is C28H28N4O2. The SMILES string of the molecule is Cc1ccc(Cc2c(C)nc(-c3ccccc3)nc2N2CCN(C(=O)c3ccco3)CC2)cc1. The van der Waals surface area contributed by atoms with Gasteiger partial charge in [-0.3, -0.25) is 4.79 Å². The molecule has 1 saturated heterocycles. The second-order valence-electron chi connectivity index (χ2n) is 8.72. The fraction of sp³-hybridized carbons (Fsp3) is 0.250. The average molecular weight is 453 g/mol. The van der Waals surface area contributed by atoms with E-state index >= 15 is 0 Å². The van der Waals surface area contributed by atoms with E-state index < -0.39 is 0 Å². The molecule has 6 heteroatoms. The third-order valence-electron chi connectivity index (χ3n) is 6.32. The number of piperazine rings is 1. The molecule has 0 N–H and O–H groups in total. The molecular weight excluding hydrogens is 424 g/mol. The topological polar surface area (TPSA) is 62.5 Å². The van der Waals surface area contributed by atoms with Gasteiger partial charge >= 0.3 is 0 Å². The maximum Gasteiger partial charge on any atom is 0.289 e. The van der Waals surface area contributed by atoms with Crippen LogP contribution >= 0.6 is 0 Å². The van der Waals surface area contributed by atoms with E-state index in [1.165, 1.54) is 17.4 Å². The van der Waals surface area contributed by atoms with Crippen molar-refractivity contribution >= 4 is 11.7 Å². The first-order chi connectivity index (χ1) is 16.6. The number of furan rings is 1. The lowest BCUT2D eigenvalue weighted by atomic mass is 10.0. The third kappa shape index (κ3) is 4.57. The zero-order valence-electron chi connectivity index (χ0n) is 19.6. The van der Waals surface area contributed by atoms with Gasteiger partial charge in [0.2, 0.25) is 0 Å². The smallest absolute Gasteiger partial charge is 0.289 e. The van der Waals surface area contributed by atoms with Gasteiger partial charge in [-0.1, -0.05) is 60.2 Å². The van der Waals surface area contributed by atoms with E-state index in [1.54, 1.807) is 12.1 Å². The summed E-state index contributed by atoms with van der Waals surface area (Å²) in [6.45, 7) is 6.82. The Kier molecular flexibility index (Phi) is 6.12. The summed E-state index contributed by atoms with van der Waals surface area (Å²) in [6.07, 6.45) is 2.30. The summed E-state index contributed by atoms with van der Waals surface area (Å²) in [5, 5.41) is 0. The van der Waals surface area contributed by atoms with Gasteiger partial charge in [-0.25, -0.2) is 9.97 Å². The maximum atomic E-state index is 12.7. The Labute approximate surface area is 199 Å². The Balaban J connectivity index is 1.45. The van der Waals surface area contributed by atoms with Gasteiger partial charge in [0.05, 0.1) is 6.26 Å². The molecule has 0 spiro atoms. The molecule has 4 aromatic rings. The second kappa shape index (κ2) is 9.51. The molecule has 5 rings (SSSR count). The third-order valence-corrected chi connectivity index (χ3v) is 6.32. The van der Waals surface area contributed by atoms with E-state index in [1.807, 2.05) is 35.2 Å². The summed E-state index contributed by atoms with van der Waals surface area (Å²) in [5.41, 5.74) is 5.60. The van der Waals surface area contributed by atoms with Gasteiger partial charge in [-0.15, -0.1) is 0 Å². The van der Waals surface area contributed by atoms with Gasteiger partial charge in [-0.2, -0.15) is 0 Å². The summed E-state index contributed by atoms with van der Waals surface area (Å²) >= 11 is 0. The number of benzene rings is 2. The van der Waals surface area contributed by atoms with Crippen LogP contribution in [-0.2, 0) is 6.42 Å². The zero-order chi connectivity index (χ0) is 23.5. The van der Waals surface area contributed by atoms with Crippen molar-refractivity contribution in [3.63, 3.8) is 0 Å². The minimum Gasteiger partial charge on any atom is -0.459 e. The van der Waals surface area contributed by atoms with Gasteiger partial charge in [0.25, 0.3) is 5.91 Å². The quantitative estimate of drug-likeness (QED) is 0.431. The molecule has 2 aromatic carbocycles. The summed E-state index contributed by atoms with van der Waals surface area (Å²) in [5.74, 6) is 2.01. The van der Waals surface area contributed by atoms with Crippen molar-refractivity contribution in [2.75, 3.05) is 31.1 Å². The molecule has 6 nitrogen and oxygen atoms in total. The Morgan fingerprint density at radius 2 is 1.62 bits per heavy atom. The van der Waals surface area contributed by atoms with Gasteiger partial charge in [0, 0.05) is 49.4 Å². The van der Waals surface area contributed by atoms with E-state index in [2.05, 4.69) is 43.0 Å². The van der Waals surface area contributed by atoms with Crippen LogP contribution in [0, 0.1) is 13.8 Å². The lowest BCUT2D eigenvalue weighted by Crippen LogP contribution is -2.49. The Morgan fingerprint density at radius 3 is 2.29 bits per heavy atom. The molecule has 34 heavy (non-hydrogen) atoms. The zero-order valence-corrected chi connectivity index (χ0v) is 19.6. The minimum atomic E-state index is -0.0617. The molecule has 1 amide bonds. The number of aromatic nitrogens is 2. The summed E-state index contributed by atoms with van der Waals surface area (Å²) in [7, 11) is 0. The van der Waals surface area contributed by atoms with Gasteiger partial charge in [0.1, 0.15) is 5.82 Å². The van der Waals surface area contributed by atoms with Crippen molar-refractivity contribution in [3.8, 4) is 11.4 Å². The number of carbonyl (C=O) groups is 1. The number of carbonyl (C=O) groups excluding carboxylic acids is 1. The van der Waals surface area contributed by atoms with Crippen LogP contribution in [0.1, 0.15) is 32.9 Å². The van der Waals surface area contributed by atoms with E-state index in [-0.39, 0.29) is 5.91 Å². The normalized spacial score (nSPS) is 13.8. The molecule has 0 atom stereocenters. The fourth-order valence-corrected chi connectivity index (χ4v) is 4.35. The van der Waals surface area contributed by atoms with Crippen LogP contribution in [0.5, 0.6) is 0 Å². The number of hydrogen-bond acceptors (Lipinski definition) is 5. The predicted molar refractivity (Wildman–Crippen MR) is 133 cm³/mol. The Morgan fingerprint density at radius 1 is 0.882 bits per heavy atom. The average Bonchev–Trinajstić information content (AvgIpc) is 3.42. The molecule has 0 aliphatic carbocycles. The van der Waals surface area contributed by atoms with Crippen LogP contribution in [0.4, 0.5) is 5.82 Å². The molecule has 0 bridgehead atoms. The van der Waals surface area contributed by atoms with Crippen molar-refractivity contribution in [2.45, 2.75) is 20.3 Å². The van der Waals surface area contributed by atoms with Crippen LogP contribution in [0.15, 0.2) is 77.4 Å². The van der Waals surface area contributed by atoms with Crippen LogP contribution < -0.4 is 4.90 Å². The molecule has 3 heterocycles. The van der Waals surface area contributed by atoms with Gasteiger partial charge in [0.15, 0.2) is 11.6 Å². The van der Waals surface area contributed by atoms with Crippen LogP contribution in [-0.4, -0.2) is 47.0 Å². The molecule has 1 aliphatic heterocycles. The second-order valence-corrected chi connectivity index (χ2v) is 8.72. The largest absolute Gasteiger partial charge is 0.459 e. The Hall–Kier alpha value is -3.93. The van der Waals surface area contributed by atoms with Crippen LogP contribution in [0.2, 0.25) is 0 Å². The number of anilines is 1. The van der Waals surface area contributed by atoms with Crippen molar-refractivity contribution in [2.24, 2.45) is 0 Å². The van der Waals surface area contributed by atoms with Gasteiger partial charge < -0.3 is 14.2 Å². The molecule has 1 fully saturated rings. The fourth-order valence-electron chi connectivity index (χ4n) is 4.35. The summed E-state index contributed by atoms with van der Waals surface area (Å²) in [6, 6.07) is 22.2. The molecule has 0 unspecified atom stereocenters.